The zero-order valence-electron chi connectivity index (χ0n) is 15.8. The number of piperidine rings is 1. The van der Waals surface area contributed by atoms with Gasteiger partial charge in [0.05, 0.1) is 5.69 Å². The molecular formula is C20H25Cl2F2N3O. The van der Waals surface area contributed by atoms with Crippen LogP contribution in [0.4, 0.5) is 20.2 Å². The number of hydrogen-bond acceptors (Lipinski definition) is 3. The number of nitrogens with zero attached hydrogens (tertiary/aromatic N) is 2. The fourth-order valence-electron chi connectivity index (χ4n) is 3.31. The lowest BCUT2D eigenvalue weighted by Crippen LogP contribution is -2.42. The Morgan fingerprint density at radius 2 is 1.68 bits per heavy atom. The van der Waals surface area contributed by atoms with Crippen molar-refractivity contribution in [3.8, 4) is 0 Å². The van der Waals surface area contributed by atoms with Crippen LogP contribution in [0.1, 0.15) is 23.2 Å². The summed E-state index contributed by atoms with van der Waals surface area (Å²) in [6, 6.07) is 11.1. The second-order valence-corrected chi connectivity index (χ2v) is 6.72. The summed E-state index contributed by atoms with van der Waals surface area (Å²) in [6.07, 6.45) is 1.68. The summed E-state index contributed by atoms with van der Waals surface area (Å²) in [6.45, 7) is 1.78. The smallest absolute Gasteiger partial charge is 0.255 e. The maximum Gasteiger partial charge on any atom is 0.255 e. The van der Waals surface area contributed by atoms with Gasteiger partial charge in [-0.05, 0) is 57.2 Å². The molecular weight excluding hydrogens is 407 g/mol. The van der Waals surface area contributed by atoms with Gasteiger partial charge in [-0.2, -0.15) is 0 Å². The van der Waals surface area contributed by atoms with E-state index in [1.165, 1.54) is 12.1 Å². The van der Waals surface area contributed by atoms with Crippen molar-refractivity contribution in [3.63, 3.8) is 0 Å². The van der Waals surface area contributed by atoms with Crippen LogP contribution in [0.15, 0.2) is 42.5 Å². The second kappa shape index (κ2) is 10.6. The van der Waals surface area contributed by atoms with Crippen molar-refractivity contribution < 1.29 is 13.6 Å². The van der Waals surface area contributed by atoms with Crippen molar-refractivity contribution in [1.82, 2.24) is 4.90 Å². The van der Waals surface area contributed by atoms with Crippen LogP contribution in [0, 0.1) is 11.6 Å². The van der Waals surface area contributed by atoms with E-state index in [0.29, 0.717) is 5.56 Å². The monoisotopic (exact) mass is 431 g/mol. The molecule has 2 aromatic carbocycles. The summed E-state index contributed by atoms with van der Waals surface area (Å²) in [5, 5.41) is 2.54. The van der Waals surface area contributed by atoms with Crippen LogP contribution in [-0.4, -0.2) is 44.0 Å². The third-order valence-corrected chi connectivity index (χ3v) is 4.94. The molecule has 28 heavy (non-hydrogen) atoms. The Morgan fingerprint density at radius 3 is 2.29 bits per heavy atom. The van der Waals surface area contributed by atoms with E-state index in [4.69, 9.17) is 0 Å². The Bertz CT molecular complexity index is 785. The van der Waals surface area contributed by atoms with Crippen LogP contribution >= 0.6 is 24.8 Å². The Hall–Kier alpha value is -1.89. The van der Waals surface area contributed by atoms with Gasteiger partial charge < -0.3 is 15.1 Å². The summed E-state index contributed by atoms with van der Waals surface area (Å²) < 4.78 is 29.4. The van der Waals surface area contributed by atoms with E-state index in [9.17, 15) is 13.6 Å². The number of likely N-dealkylation sites (tertiary alicyclic amines) is 1. The van der Waals surface area contributed by atoms with E-state index in [-0.39, 0.29) is 42.2 Å². The van der Waals surface area contributed by atoms with Gasteiger partial charge in [-0.25, -0.2) is 8.78 Å². The summed E-state index contributed by atoms with van der Waals surface area (Å²) in [4.78, 5) is 16.1. The molecule has 1 heterocycles. The number of carbonyl (C=O) groups is 1. The molecule has 0 unspecified atom stereocenters. The van der Waals surface area contributed by atoms with Crippen LogP contribution in [-0.2, 0) is 0 Å². The molecule has 1 aliphatic heterocycles. The van der Waals surface area contributed by atoms with Gasteiger partial charge in [-0.1, -0.05) is 18.2 Å². The van der Waals surface area contributed by atoms with Crippen LogP contribution in [0.25, 0.3) is 0 Å². The van der Waals surface area contributed by atoms with Crippen LogP contribution in [0.3, 0.4) is 0 Å². The highest BCUT2D eigenvalue weighted by Crippen LogP contribution is 2.31. The van der Waals surface area contributed by atoms with Gasteiger partial charge in [-0.3, -0.25) is 4.79 Å². The number of rotatable bonds is 4. The Balaban J connectivity index is 0.00000196. The lowest BCUT2D eigenvalue weighted by Gasteiger charge is -2.36. The second-order valence-electron chi connectivity index (χ2n) is 6.72. The third-order valence-electron chi connectivity index (χ3n) is 4.94. The van der Waals surface area contributed by atoms with Crippen LogP contribution < -0.4 is 10.2 Å². The number of hydrogen-bond donors (Lipinski definition) is 1. The van der Waals surface area contributed by atoms with E-state index in [1.54, 1.807) is 42.3 Å². The normalized spacial score (nSPS) is 14.6. The van der Waals surface area contributed by atoms with Gasteiger partial charge in [0.25, 0.3) is 5.91 Å². The van der Waals surface area contributed by atoms with Crippen molar-refractivity contribution in [2.24, 2.45) is 0 Å². The molecule has 2 aromatic rings. The third kappa shape index (κ3) is 5.34. The summed E-state index contributed by atoms with van der Waals surface area (Å²) in [5.41, 5.74) is 0.307. The predicted octanol–water partition coefficient (Wildman–Crippen LogP) is 4.59. The minimum Gasteiger partial charge on any atom is -0.367 e. The summed E-state index contributed by atoms with van der Waals surface area (Å²) in [5.74, 6) is -1.79. The van der Waals surface area contributed by atoms with Crippen molar-refractivity contribution >= 4 is 42.1 Å². The van der Waals surface area contributed by atoms with Crippen molar-refractivity contribution in [2.75, 3.05) is 37.4 Å². The van der Waals surface area contributed by atoms with Gasteiger partial charge in [0.1, 0.15) is 11.5 Å². The molecule has 8 heteroatoms. The topological polar surface area (TPSA) is 35.6 Å². The fourth-order valence-corrected chi connectivity index (χ4v) is 3.31. The molecule has 154 valence electrons. The highest BCUT2D eigenvalue weighted by molar-refractivity contribution is 6.04. The zero-order valence-corrected chi connectivity index (χ0v) is 17.5. The molecule has 1 N–H and O–H groups in total. The fraction of sp³-hybridized carbons (Fsp3) is 0.350. The first kappa shape index (κ1) is 24.1. The lowest BCUT2D eigenvalue weighted by molar-refractivity contribution is 0.102. The number of nitrogens with one attached hydrogen (secondary N) is 1. The Morgan fingerprint density at radius 1 is 1.07 bits per heavy atom. The van der Waals surface area contributed by atoms with Crippen molar-refractivity contribution in [1.29, 1.82) is 0 Å². The Labute approximate surface area is 176 Å². The molecule has 4 nitrogen and oxygen atoms in total. The van der Waals surface area contributed by atoms with E-state index < -0.39 is 17.5 Å². The highest BCUT2D eigenvalue weighted by Gasteiger charge is 2.26. The van der Waals surface area contributed by atoms with Gasteiger partial charge >= 0.3 is 0 Å². The molecule has 0 aromatic heterocycles. The quantitative estimate of drug-likeness (QED) is 0.768. The molecule has 3 rings (SSSR count). The first-order chi connectivity index (χ1) is 12.5. The largest absolute Gasteiger partial charge is 0.367 e. The molecule has 1 saturated heterocycles. The van der Waals surface area contributed by atoms with Crippen LogP contribution in [0.5, 0.6) is 0 Å². The lowest BCUT2D eigenvalue weighted by atomic mass is 10.0. The molecule has 0 aliphatic carbocycles. The average molecular weight is 432 g/mol. The Kier molecular flexibility index (Phi) is 9.14. The average Bonchev–Trinajstić information content (AvgIpc) is 2.65. The van der Waals surface area contributed by atoms with Gasteiger partial charge in [0.2, 0.25) is 0 Å². The number of carbonyl (C=O) groups excluding carboxylic acids is 1. The minimum absolute atomic E-state index is 0. The minimum atomic E-state index is -0.740. The SMILES string of the molecule is CN1CCC(N(C)c2c(F)ccc(NC(=O)c3ccccc3)c2F)CC1.Cl.Cl. The number of halogens is 4. The first-order valence-electron chi connectivity index (χ1n) is 8.73. The van der Waals surface area contributed by atoms with Gasteiger partial charge in [-0.15, -0.1) is 24.8 Å². The summed E-state index contributed by atoms with van der Waals surface area (Å²) >= 11 is 0. The van der Waals surface area contributed by atoms with E-state index in [1.807, 2.05) is 7.05 Å². The molecule has 0 atom stereocenters. The first-order valence-corrected chi connectivity index (χ1v) is 8.73. The molecule has 0 spiro atoms. The maximum atomic E-state index is 15.0. The van der Waals surface area contributed by atoms with Crippen molar-refractivity contribution in [3.05, 3.63) is 59.7 Å². The van der Waals surface area contributed by atoms with E-state index in [2.05, 4.69) is 10.2 Å². The summed E-state index contributed by atoms with van der Waals surface area (Å²) in [7, 11) is 3.75. The number of benzene rings is 2. The van der Waals surface area contributed by atoms with Crippen LogP contribution in [0.2, 0.25) is 0 Å². The molecule has 0 radical (unpaired) electrons. The molecule has 1 aliphatic rings. The molecule has 0 saturated carbocycles. The van der Waals surface area contributed by atoms with E-state index in [0.717, 1.165) is 25.9 Å². The molecule has 1 fully saturated rings. The number of amides is 1. The number of anilines is 2. The van der Waals surface area contributed by atoms with Gasteiger partial charge in [0.15, 0.2) is 5.82 Å². The zero-order chi connectivity index (χ0) is 18.7. The molecule has 0 bridgehead atoms. The molecule has 1 amide bonds. The maximum absolute atomic E-state index is 15.0. The predicted molar refractivity (Wildman–Crippen MR) is 114 cm³/mol. The standard InChI is InChI=1S/C20H23F2N3O.2ClH/c1-24-12-10-15(11-13-24)25(2)19-16(21)8-9-17(18(19)22)23-20(26)14-6-4-3-5-7-14;;/h3-9,15H,10-13H2,1-2H3,(H,23,26);2*1H. The van der Waals surface area contributed by atoms with Crippen molar-refractivity contribution in [2.45, 2.75) is 18.9 Å². The van der Waals surface area contributed by atoms with Gasteiger partial charge in [0, 0.05) is 18.7 Å². The van der Waals surface area contributed by atoms with E-state index >= 15 is 0 Å². The highest BCUT2D eigenvalue weighted by atomic mass is 35.5.